The first-order chi connectivity index (χ1) is 15.0. The molecule has 160 valence electrons. The monoisotopic (exact) mass is 452 g/mol. The summed E-state index contributed by atoms with van der Waals surface area (Å²) in [7, 11) is -3.71. The third kappa shape index (κ3) is 4.18. The molecular formula is C23H24N4O2S2. The Morgan fingerprint density at radius 3 is 2.52 bits per heavy atom. The number of fused-ring (bicyclic) bond motifs is 1. The molecule has 6 nitrogen and oxygen atoms in total. The lowest BCUT2D eigenvalue weighted by Gasteiger charge is -2.43. The molecule has 0 unspecified atom stereocenters. The molecular weight excluding hydrogens is 428 g/mol. The Bertz CT molecular complexity index is 1230. The van der Waals surface area contributed by atoms with Crippen LogP contribution >= 0.6 is 11.3 Å². The molecule has 2 aliphatic rings. The molecule has 0 bridgehead atoms. The van der Waals surface area contributed by atoms with E-state index in [2.05, 4.69) is 9.62 Å². The zero-order valence-electron chi connectivity index (χ0n) is 17.1. The van der Waals surface area contributed by atoms with Crippen molar-refractivity contribution < 1.29 is 8.42 Å². The summed E-state index contributed by atoms with van der Waals surface area (Å²) in [6.45, 7) is 2.47. The maximum absolute atomic E-state index is 12.7. The fraction of sp³-hybridized carbons (Fsp3) is 0.391. The molecule has 1 aliphatic carbocycles. The molecule has 1 saturated heterocycles. The molecule has 1 aliphatic heterocycles. The topological polar surface area (TPSA) is 86.1 Å². The number of hydrogen-bond acceptors (Lipinski definition) is 6. The van der Waals surface area contributed by atoms with Crippen LogP contribution in [0.15, 0.2) is 47.4 Å². The molecule has 0 spiro atoms. The van der Waals surface area contributed by atoms with E-state index in [1.54, 1.807) is 17.4 Å². The molecule has 1 aromatic heterocycles. The van der Waals surface area contributed by atoms with Gasteiger partial charge in [-0.15, -0.1) is 11.3 Å². The molecule has 0 radical (unpaired) electrons. The Hall–Kier alpha value is -2.47. The molecule has 5 rings (SSSR count). The lowest BCUT2D eigenvalue weighted by Crippen LogP contribution is -2.46. The second-order valence-electron chi connectivity index (χ2n) is 8.40. The number of benzene rings is 2. The number of anilines is 1. The highest BCUT2D eigenvalue weighted by Gasteiger charge is 2.36. The van der Waals surface area contributed by atoms with Crippen molar-refractivity contribution in [2.75, 3.05) is 17.8 Å². The van der Waals surface area contributed by atoms with Gasteiger partial charge in [-0.05, 0) is 81.2 Å². The molecule has 2 aromatic carbocycles. The Morgan fingerprint density at radius 2 is 1.81 bits per heavy atom. The summed E-state index contributed by atoms with van der Waals surface area (Å²) in [5.74, 6) is 0.517. The van der Waals surface area contributed by atoms with Crippen molar-refractivity contribution in [3.63, 3.8) is 0 Å². The second-order valence-corrected chi connectivity index (χ2v) is 11.1. The van der Waals surface area contributed by atoms with Gasteiger partial charge in [0.25, 0.3) is 10.0 Å². The highest BCUT2D eigenvalue weighted by molar-refractivity contribution is 7.92. The average Bonchev–Trinajstić information content (AvgIpc) is 3.16. The minimum atomic E-state index is -3.71. The van der Waals surface area contributed by atoms with Gasteiger partial charge in [-0.3, -0.25) is 4.72 Å². The quantitative estimate of drug-likeness (QED) is 0.606. The molecule has 0 atom stereocenters. The van der Waals surface area contributed by atoms with E-state index in [9.17, 15) is 8.42 Å². The van der Waals surface area contributed by atoms with Gasteiger partial charge in [0.05, 0.1) is 37.4 Å². The zero-order valence-corrected chi connectivity index (χ0v) is 18.8. The number of piperidine rings is 1. The van der Waals surface area contributed by atoms with E-state index in [0.717, 1.165) is 15.2 Å². The maximum atomic E-state index is 12.7. The minimum absolute atomic E-state index is 0.134. The summed E-state index contributed by atoms with van der Waals surface area (Å²) in [5, 5.41) is 10.1. The third-order valence-corrected chi connectivity index (χ3v) is 8.90. The van der Waals surface area contributed by atoms with Crippen LogP contribution in [0.3, 0.4) is 0 Å². The first-order valence-electron chi connectivity index (χ1n) is 10.7. The van der Waals surface area contributed by atoms with Crippen LogP contribution in [0.4, 0.5) is 5.69 Å². The number of nitriles is 1. The standard InChI is InChI=1S/C23H24N4O2S2/c24-15-16-4-7-20(8-5-16)31(28,29)26-18-6-9-21-22(14-18)30-23(25-21)17-12-19(13-17)27-10-2-1-3-11-27/h4-9,14,17,19,26H,1-3,10-13H2/t17-,19+. The number of thiazole rings is 1. The fourth-order valence-electron chi connectivity index (χ4n) is 4.47. The highest BCUT2D eigenvalue weighted by atomic mass is 32.2. The van der Waals surface area contributed by atoms with Crippen LogP contribution in [0.5, 0.6) is 0 Å². The Morgan fingerprint density at radius 1 is 1.06 bits per heavy atom. The SMILES string of the molecule is N#Cc1ccc(S(=O)(=O)Nc2ccc3nc([C@H]4C[C@@H](N5CCCCC5)C4)sc3c2)cc1. The molecule has 1 saturated carbocycles. The van der Waals surface area contributed by atoms with Gasteiger partial charge in [-0.25, -0.2) is 13.4 Å². The third-order valence-electron chi connectivity index (χ3n) is 6.32. The number of sulfonamides is 1. The lowest BCUT2D eigenvalue weighted by molar-refractivity contribution is 0.0888. The molecule has 2 fully saturated rings. The normalized spacial score (nSPS) is 22.0. The van der Waals surface area contributed by atoms with Gasteiger partial charge in [-0.1, -0.05) is 6.42 Å². The first-order valence-corrected chi connectivity index (χ1v) is 13.0. The molecule has 3 aromatic rings. The van der Waals surface area contributed by atoms with Gasteiger partial charge in [0.1, 0.15) is 0 Å². The van der Waals surface area contributed by atoms with Gasteiger partial charge >= 0.3 is 0 Å². The summed E-state index contributed by atoms with van der Waals surface area (Å²) in [6, 6.07) is 14.1. The van der Waals surface area contributed by atoms with Gasteiger partial charge < -0.3 is 4.90 Å². The van der Waals surface area contributed by atoms with E-state index in [1.807, 2.05) is 18.2 Å². The number of nitrogens with zero attached hydrogens (tertiary/aromatic N) is 3. The Kier molecular flexibility index (Phi) is 5.42. The van der Waals surface area contributed by atoms with E-state index in [4.69, 9.17) is 10.2 Å². The van der Waals surface area contributed by atoms with E-state index >= 15 is 0 Å². The largest absolute Gasteiger partial charge is 0.300 e. The minimum Gasteiger partial charge on any atom is -0.300 e. The van der Waals surface area contributed by atoms with Crippen LogP contribution in [-0.4, -0.2) is 37.4 Å². The molecule has 1 N–H and O–H groups in total. The maximum Gasteiger partial charge on any atom is 0.261 e. The van der Waals surface area contributed by atoms with E-state index < -0.39 is 10.0 Å². The van der Waals surface area contributed by atoms with Crippen molar-refractivity contribution in [2.24, 2.45) is 0 Å². The van der Waals surface area contributed by atoms with Crippen LogP contribution in [0, 0.1) is 11.3 Å². The van der Waals surface area contributed by atoms with E-state index in [1.165, 1.54) is 69.5 Å². The van der Waals surface area contributed by atoms with Gasteiger partial charge in [0.15, 0.2) is 0 Å². The summed E-state index contributed by atoms with van der Waals surface area (Å²) in [6.07, 6.45) is 6.37. The van der Waals surface area contributed by atoms with Crippen molar-refractivity contribution in [3.8, 4) is 6.07 Å². The Labute approximate surface area is 186 Å². The molecule has 31 heavy (non-hydrogen) atoms. The number of likely N-dealkylation sites (tertiary alicyclic amines) is 1. The van der Waals surface area contributed by atoms with Gasteiger partial charge in [0, 0.05) is 12.0 Å². The van der Waals surface area contributed by atoms with Crippen LogP contribution in [-0.2, 0) is 10.0 Å². The average molecular weight is 453 g/mol. The number of hydrogen-bond donors (Lipinski definition) is 1. The second kappa shape index (κ2) is 8.23. The van der Waals surface area contributed by atoms with Crippen LogP contribution in [0.1, 0.15) is 48.6 Å². The van der Waals surface area contributed by atoms with Crippen LogP contribution < -0.4 is 4.72 Å². The van der Waals surface area contributed by atoms with Crippen molar-refractivity contribution in [3.05, 3.63) is 53.0 Å². The van der Waals surface area contributed by atoms with Crippen LogP contribution in [0.25, 0.3) is 10.2 Å². The van der Waals surface area contributed by atoms with Crippen molar-refractivity contribution in [2.45, 2.75) is 49.0 Å². The van der Waals surface area contributed by atoms with Crippen LogP contribution in [0.2, 0.25) is 0 Å². The molecule has 0 amide bonds. The number of rotatable bonds is 5. The smallest absolute Gasteiger partial charge is 0.261 e. The predicted octanol–water partition coefficient (Wildman–Crippen LogP) is 4.70. The molecule has 2 heterocycles. The Balaban J connectivity index is 1.29. The zero-order chi connectivity index (χ0) is 21.4. The lowest BCUT2D eigenvalue weighted by atomic mass is 9.79. The number of aromatic nitrogens is 1. The first kappa shape index (κ1) is 20.4. The summed E-state index contributed by atoms with van der Waals surface area (Å²) >= 11 is 1.67. The van der Waals surface area contributed by atoms with Crippen molar-refractivity contribution in [1.29, 1.82) is 5.26 Å². The van der Waals surface area contributed by atoms with E-state index in [-0.39, 0.29) is 4.90 Å². The molecule has 8 heteroatoms. The summed E-state index contributed by atoms with van der Waals surface area (Å²) in [4.78, 5) is 7.60. The highest BCUT2D eigenvalue weighted by Crippen LogP contribution is 2.43. The van der Waals surface area contributed by atoms with Crippen molar-refractivity contribution in [1.82, 2.24) is 9.88 Å². The predicted molar refractivity (Wildman–Crippen MR) is 123 cm³/mol. The van der Waals surface area contributed by atoms with Gasteiger partial charge in [-0.2, -0.15) is 5.26 Å². The van der Waals surface area contributed by atoms with Crippen molar-refractivity contribution >= 4 is 37.3 Å². The number of nitrogens with one attached hydrogen (secondary N) is 1. The fourth-order valence-corrected chi connectivity index (χ4v) is 6.66. The van der Waals surface area contributed by atoms with E-state index in [0.29, 0.717) is 23.2 Å². The summed E-state index contributed by atoms with van der Waals surface area (Å²) in [5.41, 5.74) is 1.87. The van der Waals surface area contributed by atoms with Gasteiger partial charge in [0.2, 0.25) is 0 Å². The summed E-state index contributed by atoms with van der Waals surface area (Å²) < 4.78 is 29.0.